The van der Waals surface area contributed by atoms with E-state index >= 15 is 0 Å². The lowest BCUT2D eigenvalue weighted by atomic mass is 9.97. The number of nitrogens with zero attached hydrogens (tertiary/aromatic N) is 5. The van der Waals surface area contributed by atoms with Crippen LogP contribution < -0.4 is 4.90 Å². The van der Waals surface area contributed by atoms with E-state index in [1.54, 1.807) is 11.8 Å². The molecule has 7 nitrogen and oxygen atoms in total. The zero-order chi connectivity index (χ0) is 21.1. The number of H-pyrrole nitrogens is 1. The smallest absolute Gasteiger partial charge is 0.165 e. The van der Waals surface area contributed by atoms with E-state index in [0.29, 0.717) is 6.42 Å². The third-order valence-corrected chi connectivity index (χ3v) is 7.06. The fraction of sp³-hybridized carbons (Fsp3) is 0.545. The minimum absolute atomic E-state index is 0.00768. The molecule has 0 aliphatic carbocycles. The maximum Gasteiger partial charge on any atom is 0.165 e. The van der Waals surface area contributed by atoms with Gasteiger partial charge in [0.1, 0.15) is 12.2 Å². The molecule has 8 heteroatoms. The van der Waals surface area contributed by atoms with Gasteiger partial charge in [0.2, 0.25) is 0 Å². The van der Waals surface area contributed by atoms with Gasteiger partial charge in [0, 0.05) is 37.2 Å². The second-order valence-electron chi connectivity index (χ2n) is 8.32. The third-order valence-electron chi connectivity index (χ3n) is 5.84. The molecular formula is C22H30N6OS. The zero-order valence-corrected chi connectivity index (χ0v) is 18.8. The van der Waals surface area contributed by atoms with Crippen LogP contribution in [-0.4, -0.2) is 49.2 Å². The zero-order valence-electron chi connectivity index (χ0n) is 18.0. The van der Waals surface area contributed by atoms with Crippen LogP contribution in [0.4, 0.5) is 5.69 Å². The highest BCUT2D eigenvalue weighted by Gasteiger charge is 2.23. The van der Waals surface area contributed by atoms with E-state index in [9.17, 15) is 4.79 Å². The van der Waals surface area contributed by atoms with Gasteiger partial charge < -0.3 is 4.90 Å². The van der Waals surface area contributed by atoms with Crippen molar-refractivity contribution in [3.05, 3.63) is 36.2 Å². The van der Waals surface area contributed by atoms with Crippen LogP contribution in [0.1, 0.15) is 68.6 Å². The number of carbonyl (C=O) groups is 1. The summed E-state index contributed by atoms with van der Waals surface area (Å²) >= 11 is 1.79. The molecule has 3 aromatic rings. The Bertz CT molecular complexity index is 991. The molecule has 0 spiro atoms. The van der Waals surface area contributed by atoms with Crippen LogP contribution in [0.15, 0.2) is 29.8 Å². The van der Waals surface area contributed by atoms with E-state index in [1.807, 2.05) is 25.4 Å². The maximum atomic E-state index is 13.2. The first-order valence-corrected chi connectivity index (χ1v) is 11.8. The average molecular weight is 427 g/mol. The van der Waals surface area contributed by atoms with E-state index in [0.717, 1.165) is 58.9 Å². The second-order valence-corrected chi connectivity index (χ2v) is 9.44. The molecule has 0 aromatic carbocycles. The Labute approximate surface area is 181 Å². The molecule has 0 bridgehead atoms. The van der Waals surface area contributed by atoms with Crippen LogP contribution in [0.3, 0.4) is 0 Å². The molecule has 0 unspecified atom stereocenters. The summed E-state index contributed by atoms with van der Waals surface area (Å²) in [5.74, 6) is 2.64. The van der Waals surface area contributed by atoms with Crippen molar-refractivity contribution >= 4 is 28.9 Å². The first kappa shape index (κ1) is 20.9. The number of aromatic amines is 1. The first-order valence-electron chi connectivity index (χ1n) is 10.8. The predicted molar refractivity (Wildman–Crippen MR) is 121 cm³/mol. The number of anilines is 1. The molecule has 4 rings (SSSR count). The summed E-state index contributed by atoms with van der Waals surface area (Å²) in [6, 6.07) is 2.04. The summed E-state index contributed by atoms with van der Waals surface area (Å²) in [5, 5.41) is 7.88. The Morgan fingerprint density at radius 2 is 2.13 bits per heavy atom. The molecule has 1 N–H and O–H groups in total. The molecule has 1 saturated heterocycles. The van der Waals surface area contributed by atoms with Gasteiger partial charge in [0.05, 0.1) is 16.9 Å². The quantitative estimate of drug-likeness (QED) is 0.420. The van der Waals surface area contributed by atoms with Crippen molar-refractivity contribution < 1.29 is 4.79 Å². The molecule has 1 fully saturated rings. The van der Waals surface area contributed by atoms with Crippen molar-refractivity contribution in [3.63, 3.8) is 0 Å². The molecule has 0 saturated carbocycles. The summed E-state index contributed by atoms with van der Waals surface area (Å²) in [4.78, 5) is 24.5. The summed E-state index contributed by atoms with van der Waals surface area (Å²) < 4.78 is 2.11. The summed E-state index contributed by atoms with van der Waals surface area (Å²) in [6.45, 7) is 8.51. The highest BCUT2D eigenvalue weighted by Crippen LogP contribution is 2.31. The van der Waals surface area contributed by atoms with Crippen LogP contribution in [0.25, 0.3) is 5.65 Å². The Morgan fingerprint density at radius 3 is 2.83 bits per heavy atom. The highest BCUT2D eigenvalue weighted by atomic mass is 32.2. The molecule has 0 amide bonds. The van der Waals surface area contributed by atoms with Gasteiger partial charge in [0.25, 0.3) is 0 Å². The van der Waals surface area contributed by atoms with E-state index in [1.165, 1.54) is 19.2 Å². The number of pyridine rings is 1. The number of nitrogens with one attached hydrogen (secondary N) is 1. The molecule has 160 valence electrons. The number of thioether (sulfide) groups is 1. The largest absolute Gasteiger partial charge is 0.368 e. The van der Waals surface area contributed by atoms with Gasteiger partial charge >= 0.3 is 0 Å². The second kappa shape index (κ2) is 9.20. The summed E-state index contributed by atoms with van der Waals surface area (Å²) in [7, 11) is 0. The van der Waals surface area contributed by atoms with E-state index in [4.69, 9.17) is 4.98 Å². The lowest BCUT2D eigenvalue weighted by molar-refractivity contribution is 0.0974. The SMILES string of the molecule is CCCSc1cnc2c(N3CCC(C)CC3)cc(C(=O)C[C@@H](C)c3ncn[nH]3)cn12. The van der Waals surface area contributed by atoms with Gasteiger partial charge in [-0.2, -0.15) is 5.10 Å². The van der Waals surface area contributed by atoms with Gasteiger partial charge in [-0.25, -0.2) is 9.97 Å². The molecule has 30 heavy (non-hydrogen) atoms. The van der Waals surface area contributed by atoms with Crippen LogP contribution in [0, 0.1) is 5.92 Å². The number of carbonyl (C=O) groups excluding carboxylic acids is 1. The normalized spacial score (nSPS) is 16.3. The van der Waals surface area contributed by atoms with E-state index < -0.39 is 0 Å². The van der Waals surface area contributed by atoms with Gasteiger partial charge in [-0.15, -0.1) is 11.8 Å². The molecule has 3 aromatic heterocycles. The molecular weight excluding hydrogens is 396 g/mol. The molecule has 1 atom stereocenters. The first-order chi connectivity index (χ1) is 14.6. The number of Topliss-reactive ketones (excluding diaryl/α,β-unsaturated/α-hetero) is 1. The van der Waals surface area contributed by atoms with Gasteiger partial charge in [-0.05, 0) is 37.0 Å². The third kappa shape index (κ3) is 4.38. The molecule has 4 heterocycles. The average Bonchev–Trinajstić information content (AvgIpc) is 3.42. The van der Waals surface area contributed by atoms with E-state index in [2.05, 4.69) is 38.3 Å². The Balaban J connectivity index is 1.68. The number of aromatic nitrogens is 5. The van der Waals surface area contributed by atoms with Crippen molar-refractivity contribution in [2.45, 2.75) is 57.4 Å². The number of ketones is 1. The number of piperidine rings is 1. The van der Waals surface area contributed by atoms with Crippen molar-refractivity contribution in [2.75, 3.05) is 23.7 Å². The predicted octanol–water partition coefficient (Wildman–Crippen LogP) is 4.57. The van der Waals surface area contributed by atoms with Gasteiger partial charge in [0.15, 0.2) is 11.4 Å². The van der Waals surface area contributed by atoms with Crippen LogP contribution in [0.2, 0.25) is 0 Å². The molecule has 1 aliphatic rings. The maximum absolute atomic E-state index is 13.2. The Hall–Kier alpha value is -2.35. The number of fused-ring (bicyclic) bond motifs is 1. The highest BCUT2D eigenvalue weighted by molar-refractivity contribution is 7.99. The number of hydrogen-bond donors (Lipinski definition) is 1. The van der Waals surface area contributed by atoms with Crippen LogP contribution in [0.5, 0.6) is 0 Å². The number of imidazole rings is 1. The molecule has 1 aliphatic heterocycles. The lowest BCUT2D eigenvalue weighted by Crippen LogP contribution is -2.33. The lowest BCUT2D eigenvalue weighted by Gasteiger charge is -2.32. The van der Waals surface area contributed by atoms with Crippen molar-refractivity contribution in [2.24, 2.45) is 5.92 Å². The van der Waals surface area contributed by atoms with Crippen molar-refractivity contribution in [1.82, 2.24) is 24.6 Å². The van der Waals surface area contributed by atoms with Crippen LogP contribution in [-0.2, 0) is 0 Å². The van der Waals surface area contributed by atoms with Crippen molar-refractivity contribution in [3.8, 4) is 0 Å². The topological polar surface area (TPSA) is 79.2 Å². The minimum Gasteiger partial charge on any atom is -0.368 e. The fourth-order valence-electron chi connectivity index (χ4n) is 3.94. The van der Waals surface area contributed by atoms with Gasteiger partial charge in [-0.1, -0.05) is 20.8 Å². The number of rotatable bonds is 8. The minimum atomic E-state index is -0.00768. The Kier molecular flexibility index (Phi) is 6.41. The van der Waals surface area contributed by atoms with Crippen LogP contribution >= 0.6 is 11.8 Å². The fourth-order valence-corrected chi connectivity index (χ4v) is 4.76. The summed E-state index contributed by atoms with van der Waals surface area (Å²) in [6.07, 6.45) is 9.23. The monoisotopic (exact) mass is 426 g/mol. The standard InChI is InChI=1S/C22H30N6OS/c1-4-9-30-20-12-23-22-18(27-7-5-15(2)6-8-27)11-17(13-28(20)22)19(29)10-16(3)21-24-14-25-26-21/h11-16H,4-10H2,1-3H3,(H,24,25,26)/t16-/m1/s1. The van der Waals surface area contributed by atoms with E-state index in [-0.39, 0.29) is 11.7 Å². The van der Waals surface area contributed by atoms with Gasteiger partial charge in [-0.3, -0.25) is 14.3 Å². The molecule has 0 radical (unpaired) electrons. The summed E-state index contributed by atoms with van der Waals surface area (Å²) in [5.41, 5.74) is 2.75. The number of hydrogen-bond acceptors (Lipinski definition) is 6. The Morgan fingerprint density at radius 1 is 1.33 bits per heavy atom. The van der Waals surface area contributed by atoms with Crippen molar-refractivity contribution in [1.29, 1.82) is 0 Å².